The number of hydrogen-bond acceptors (Lipinski definition) is 2. The van der Waals surface area contributed by atoms with Crippen molar-refractivity contribution in [3.8, 4) is 0 Å². The number of aliphatic imine (C=N–C) groups is 1. The largest absolute Gasteiger partial charge is 0.308 e. The van der Waals surface area contributed by atoms with Crippen molar-refractivity contribution >= 4 is 12.1 Å². The first-order valence-corrected chi connectivity index (χ1v) is 8.14. The molecule has 0 aromatic rings. The summed E-state index contributed by atoms with van der Waals surface area (Å²) >= 11 is 0. The molecule has 21 heavy (non-hydrogen) atoms. The number of rotatable bonds is 4. The first-order chi connectivity index (χ1) is 9.57. The highest BCUT2D eigenvalue weighted by Crippen LogP contribution is 2.30. The zero-order chi connectivity index (χ0) is 16.4. The molecule has 1 aliphatic rings. The van der Waals surface area contributed by atoms with Crippen LogP contribution in [0.5, 0.6) is 0 Å². The Morgan fingerprint density at radius 3 is 2.19 bits per heavy atom. The number of nitrogens with zero attached hydrogens (tertiary/aromatic N) is 2. The van der Waals surface area contributed by atoms with Gasteiger partial charge in [-0.1, -0.05) is 41.5 Å². The highest BCUT2D eigenvalue weighted by Gasteiger charge is 2.33. The van der Waals surface area contributed by atoms with E-state index in [2.05, 4.69) is 66.6 Å². The molecule has 0 bridgehead atoms. The molecule has 1 unspecified atom stereocenters. The molecule has 0 fully saturated rings. The SMILES string of the molecule is CC(C)/C1=C/N(C(C)(C)C(C)C)C(=O)/C=N\C(C(C)C)C1. The predicted octanol–water partition coefficient (Wildman–Crippen LogP) is 4.29. The van der Waals surface area contributed by atoms with Crippen LogP contribution in [0.4, 0.5) is 0 Å². The number of amides is 1. The lowest BCUT2D eigenvalue weighted by Crippen LogP contribution is -2.49. The fourth-order valence-electron chi connectivity index (χ4n) is 2.32. The topological polar surface area (TPSA) is 32.7 Å². The van der Waals surface area contributed by atoms with Crippen LogP contribution in [-0.4, -0.2) is 28.6 Å². The van der Waals surface area contributed by atoms with Gasteiger partial charge in [-0.25, -0.2) is 0 Å². The van der Waals surface area contributed by atoms with Crippen LogP contribution in [0.15, 0.2) is 16.8 Å². The smallest absolute Gasteiger partial charge is 0.269 e. The molecule has 120 valence electrons. The lowest BCUT2D eigenvalue weighted by atomic mass is 9.86. The predicted molar refractivity (Wildman–Crippen MR) is 90.4 cm³/mol. The van der Waals surface area contributed by atoms with Crippen molar-refractivity contribution in [3.63, 3.8) is 0 Å². The van der Waals surface area contributed by atoms with Gasteiger partial charge in [-0.3, -0.25) is 9.79 Å². The minimum absolute atomic E-state index is 0.00259. The molecule has 1 amide bonds. The van der Waals surface area contributed by atoms with E-state index in [0.717, 1.165) is 6.42 Å². The second kappa shape index (κ2) is 6.76. The molecule has 0 aromatic carbocycles. The van der Waals surface area contributed by atoms with Gasteiger partial charge in [-0.15, -0.1) is 0 Å². The molecular formula is C18H32N2O. The van der Waals surface area contributed by atoms with E-state index < -0.39 is 0 Å². The van der Waals surface area contributed by atoms with Crippen molar-refractivity contribution in [2.45, 2.75) is 73.4 Å². The maximum absolute atomic E-state index is 12.6. The van der Waals surface area contributed by atoms with E-state index in [-0.39, 0.29) is 17.5 Å². The minimum atomic E-state index is -0.214. The Morgan fingerprint density at radius 2 is 1.76 bits per heavy atom. The summed E-state index contributed by atoms with van der Waals surface area (Å²) in [7, 11) is 0. The lowest BCUT2D eigenvalue weighted by molar-refractivity contribution is -0.126. The molecule has 0 saturated heterocycles. The van der Waals surface area contributed by atoms with E-state index >= 15 is 0 Å². The van der Waals surface area contributed by atoms with Crippen molar-refractivity contribution in [2.75, 3.05) is 0 Å². The monoisotopic (exact) mass is 292 g/mol. The Bertz CT molecular complexity index is 430. The third-order valence-electron chi connectivity index (χ3n) is 4.90. The summed E-state index contributed by atoms with van der Waals surface area (Å²) in [5.41, 5.74) is 1.10. The van der Waals surface area contributed by atoms with Crippen molar-refractivity contribution in [1.82, 2.24) is 4.90 Å². The molecule has 0 aliphatic carbocycles. The van der Waals surface area contributed by atoms with Gasteiger partial charge in [-0.05, 0) is 43.6 Å². The molecule has 0 saturated carbocycles. The average molecular weight is 292 g/mol. The second-order valence-corrected chi connectivity index (χ2v) is 7.67. The summed E-state index contributed by atoms with van der Waals surface area (Å²) in [6.45, 7) is 17.3. The molecule has 0 N–H and O–H groups in total. The molecule has 0 radical (unpaired) electrons. The van der Waals surface area contributed by atoms with Gasteiger partial charge in [0.15, 0.2) is 0 Å². The summed E-state index contributed by atoms with van der Waals surface area (Å²) in [4.78, 5) is 19.0. The van der Waals surface area contributed by atoms with Gasteiger partial charge in [0.1, 0.15) is 0 Å². The Balaban J connectivity index is 3.25. The molecular weight excluding hydrogens is 260 g/mol. The molecule has 0 spiro atoms. The summed E-state index contributed by atoms with van der Waals surface area (Å²) in [5, 5.41) is 0. The summed E-state index contributed by atoms with van der Waals surface area (Å²) < 4.78 is 0. The quantitative estimate of drug-likeness (QED) is 0.761. The van der Waals surface area contributed by atoms with Gasteiger partial charge in [0.2, 0.25) is 0 Å². The molecule has 1 aliphatic heterocycles. The molecule has 0 aromatic heterocycles. The van der Waals surface area contributed by atoms with Crippen molar-refractivity contribution < 1.29 is 4.79 Å². The summed E-state index contributed by atoms with van der Waals surface area (Å²) in [6, 6.07) is 0.201. The summed E-state index contributed by atoms with van der Waals surface area (Å²) in [6.07, 6.45) is 4.56. The Kier molecular flexibility index (Phi) is 5.77. The first kappa shape index (κ1) is 17.9. The lowest BCUT2D eigenvalue weighted by Gasteiger charge is -2.40. The number of carbonyl (C=O) groups excluding carboxylic acids is 1. The van der Waals surface area contributed by atoms with E-state index in [1.807, 2.05) is 4.90 Å². The van der Waals surface area contributed by atoms with Crippen molar-refractivity contribution in [1.29, 1.82) is 0 Å². The highest BCUT2D eigenvalue weighted by molar-refractivity contribution is 6.26. The molecule has 1 heterocycles. The van der Waals surface area contributed by atoms with Gasteiger partial charge in [-0.2, -0.15) is 0 Å². The van der Waals surface area contributed by atoms with Crippen LogP contribution >= 0.6 is 0 Å². The minimum Gasteiger partial charge on any atom is -0.308 e. The van der Waals surface area contributed by atoms with Gasteiger partial charge in [0, 0.05) is 11.7 Å². The second-order valence-electron chi connectivity index (χ2n) is 7.67. The Labute approximate surface area is 130 Å². The van der Waals surface area contributed by atoms with Crippen molar-refractivity contribution in [3.05, 3.63) is 11.8 Å². The van der Waals surface area contributed by atoms with E-state index in [4.69, 9.17) is 0 Å². The van der Waals surface area contributed by atoms with Crippen LogP contribution < -0.4 is 0 Å². The van der Waals surface area contributed by atoms with E-state index in [1.54, 1.807) is 0 Å². The molecule has 3 heteroatoms. The van der Waals surface area contributed by atoms with Gasteiger partial charge >= 0.3 is 0 Å². The molecule has 1 atom stereocenters. The average Bonchev–Trinajstić information content (AvgIpc) is 2.33. The highest BCUT2D eigenvalue weighted by atomic mass is 16.2. The van der Waals surface area contributed by atoms with Crippen molar-refractivity contribution in [2.24, 2.45) is 22.7 Å². The third kappa shape index (κ3) is 4.18. The summed E-state index contributed by atoms with van der Waals surface area (Å²) in [5.74, 6) is 1.25. The third-order valence-corrected chi connectivity index (χ3v) is 4.90. The Morgan fingerprint density at radius 1 is 1.19 bits per heavy atom. The fourth-order valence-corrected chi connectivity index (χ4v) is 2.32. The van der Waals surface area contributed by atoms with Crippen LogP contribution in [0.2, 0.25) is 0 Å². The number of carbonyl (C=O) groups is 1. The van der Waals surface area contributed by atoms with Crippen LogP contribution in [0.25, 0.3) is 0 Å². The normalized spacial score (nSPS) is 25.1. The fraction of sp³-hybridized carbons (Fsp3) is 0.778. The van der Waals surface area contributed by atoms with Crippen LogP contribution in [0.1, 0.15) is 61.8 Å². The molecule has 3 nitrogen and oxygen atoms in total. The van der Waals surface area contributed by atoms with Crippen LogP contribution in [0, 0.1) is 17.8 Å². The first-order valence-electron chi connectivity index (χ1n) is 8.14. The maximum atomic E-state index is 12.6. The Hall–Kier alpha value is -1.12. The van der Waals surface area contributed by atoms with Gasteiger partial charge in [0.05, 0.1) is 12.3 Å². The number of hydrogen-bond donors (Lipinski definition) is 0. The zero-order valence-electron chi connectivity index (χ0n) is 15.0. The van der Waals surface area contributed by atoms with Crippen LogP contribution in [0.3, 0.4) is 0 Å². The van der Waals surface area contributed by atoms with Crippen LogP contribution in [-0.2, 0) is 4.79 Å². The standard InChI is InChI=1S/C18H32N2O/c1-12(2)15-9-16(13(3)4)19-10-17(21)20(11-15)18(7,8)14(5)6/h10-14,16H,9H2,1-8H3/b15-11+,19-10-. The van der Waals surface area contributed by atoms with E-state index in [9.17, 15) is 4.79 Å². The molecule has 1 rings (SSSR count). The zero-order valence-corrected chi connectivity index (χ0v) is 15.0. The maximum Gasteiger partial charge on any atom is 0.269 e. The van der Waals surface area contributed by atoms with E-state index in [0.29, 0.717) is 17.8 Å². The van der Waals surface area contributed by atoms with Gasteiger partial charge < -0.3 is 4.90 Å². The van der Waals surface area contributed by atoms with Gasteiger partial charge in [0.25, 0.3) is 5.91 Å². The van der Waals surface area contributed by atoms with E-state index in [1.165, 1.54) is 11.8 Å².